The minimum atomic E-state index is -4.36. The topological polar surface area (TPSA) is 3.24 Å². The van der Waals surface area contributed by atoms with Gasteiger partial charge in [-0.1, -0.05) is 84.0 Å². The van der Waals surface area contributed by atoms with Crippen molar-refractivity contribution in [2.75, 3.05) is 18.8 Å². The van der Waals surface area contributed by atoms with Crippen LogP contribution in [-0.2, 0) is 19.3 Å². The standard InChI is InChI=1S/C27H28F3NS/c1-32(2,3)19-18-26(24-14-16-25(17-15-24)27(28,29)30)31(20-22-10-6-4-7-11-22)21-23-12-8-5-9-13-23/h4-17,26H,20-21H2,1-3H3/t26-/m0/s1. The Morgan fingerprint density at radius 1 is 0.750 bits per heavy atom. The van der Waals surface area contributed by atoms with E-state index >= 15 is 0 Å². The molecule has 1 nitrogen and oxygen atoms in total. The first-order valence-corrected chi connectivity index (χ1v) is 13.2. The molecule has 0 saturated heterocycles. The third kappa shape index (κ3) is 7.19. The highest BCUT2D eigenvalue weighted by Crippen LogP contribution is 2.35. The Labute approximate surface area is 190 Å². The summed E-state index contributed by atoms with van der Waals surface area (Å²) in [5, 5.41) is 3.39. The van der Waals surface area contributed by atoms with Crippen molar-refractivity contribution in [3.05, 3.63) is 107 Å². The highest BCUT2D eigenvalue weighted by atomic mass is 32.3. The summed E-state index contributed by atoms with van der Waals surface area (Å²) < 4.78 is 39.4. The zero-order valence-electron chi connectivity index (χ0n) is 18.6. The van der Waals surface area contributed by atoms with Crippen molar-refractivity contribution in [1.82, 2.24) is 4.90 Å². The Balaban J connectivity index is 2.04. The number of alkyl halides is 3. The Morgan fingerprint density at radius 2 is 1.22 bits per heavy atom. The predicted molar refractivity (Wildman–Crippen MR) is 129 cm³/mol. The lowest BCUT2D eigenvalue weighted by atomic mass is 10.0. The second kappa shape index (κ2) is 10.3. The summed E-state index contributed by atoms with van der Waals surface area (Å²) in [6.07, 6.45) is 1.98. The van der Waals surface area contributed by atoms with Crippen LogP contribution in [0.15, 0.2) is 84.9 Å². The fraction of sp³-hybridized carbons (Fsp3) is 0.259. The lowest BCUT2D eigenvalue weighted by Crippen LogP contribution is -2.27. The number of hydrogen-bond donors (Lipinski definition) is 0. The summed E-state index contributed by atoms with van der Waals surface area (Å²) >= 11 is 0. The third-order valence-corrected chi connectivity index (χ3v) is 5.61. The van der Waals surface area contributed by atoms with Crippen molar-refractivity contribution < 1.29 is 13.2 Å². The van der Waals surface area contributed by atoms with Gasteiger partial charge in [0, 0.05) is 13.1 Å². The molecule has 0 bridgehead atoms. The van der Waals surface area contributed by atoms with Crippen molar-refractivity contribution in [2.45, 2.75) is 25.3 Å². The number of rotatable bonds is 6. The smallest absolute Gasteiger partial charge is 0.277 e. The Kier molecular flexibility index (Phi) is 7.71. The summed E-state index contributed by atoms with van der Waals surface area (Å²) in [5.74, 6) is 3.41. The summed E-state index contributed by atoms with van der Waals surface area (Å²) in [5.41, 5.74) is 2.38. The molecule has 0 unspecified atom stereocenters. The van der Waals surface area contributed by atoms with Crippen LogP contribution in [0.5, 0.6) is 0 Å². The highest BCUT2D eigenvalue weighted by molar-refractivity contribution is 8.35. The van der Waals surface area contributed by atoms with E-state index in [-0.39, 0.29) is 6.04 Å². The van der Waals surface area contributed by atoms with Gasteiger partial charge in [-0.3, -0.25) is 4.90 Å². The first kappa shape index (κ1) is 24.0. The van der Waals surface area contributed by atoms with E-state index in [1.807, 2.05) is 36.4 Å². The zero-order valence-corrected chi connectivity index (χ0v) is 19.4. The van der Waals surface area contributed by atoms with Gasteiger partial charge >= 0.3 is 6.18 Å². The van der Waals surface area contributed by atoms with E-state index in [1.165, 1.54) is 0 Å². The van der Waals surface area contributed by atoms with Crippen LogP contribution in [0.2, 0.25) is 0 Å². The van der Waals surface area contributed by atoms with E-state index in [1.54, 1.807) is 12.1 Å². The lowest BCUT2D eigenvalue weighted by molar-refractivity contribution is -0.137. The fourth-order valence-corrected chi connectivity index (χ4v) is 3.81. The van der Waals surface area contributed by atoms with E-state index in [0.29, 0.717) is 13.1 Å². The molecule has 5 heteroatoms. The summed E-state index contributed by atoms with van der Waals surface area (Å²) in [7, 11) is -1.11. The van der Waals surface area contributed by atoms with Gasteiger partial charge in [-0.05, 0) is 47.6 Å². The molecular formula is C27H28F3NS. The van der Waals surface area contributed by atoms with Crippen LogP contribution in [0.4, 0.5) is 13.2 Å². The van der Waals surface area contributed by atoms with Crippen LogP contribution in [0.25, 0.3) is 0 Å². The molecule has 0 N–H and O–H groups in total. The van der Waals surface area contributed by atoms with E-state index in [2.05, 4.69) is 59.1 Å². The second-order valence-corrected chi connectivity index (χ2v) is 12.4. The molecule has 0 amide bonds. The van der Waals surface area contributed by atoms with Crippen LogP contribution >= 0.6 is 10.0 Å². The average Bonchev–Trinajstić information content (AvgIpc) is 2.74. The zero-order chi connectivity index (χ0) is 23.2. The van der Waals surface area contributed by atoms with E-state index in [0.717, 1.165) is 28.8 Å². The van der Waals surface area contributed by atoms with Gasteiger partial charge in [0.2, 0.25) is 0 Å². The van der Waals surface area contributed by atoms with E-state index in [4.69, 9.17) is 0 Å². The molecule has 0 radical (unpaired) electrons. The van der Waals surface area contributed by atoms with E-state index < -0.39 is 21.8 Å². The van der Waals surface area contributed by atoms with Crippen LogP contribution in [0, 0.1) is 11.2 Å². The van der Waals surface area contributed by atoms with Crippen molar-refractivity contribution in [2.24, 2.45) is 0 Å². The van der Waals surface area contributed by atoms with Crippen molar-refractivity contribution >= 4 is 10.0 Å². The van der Waals surface area contributed by atoms with Gasteiger partial charge in [-0.15, -0.1) is 0 Å². The molecule has 0 aliphatic rings. The van der Waals surface area contributed by atoms with Crippen LogP contribution in [-0.4, -0.2) is 23.7 Å². The van der Waals surface area contributed by atoms with Crippen molar-refractivity contribution in [3.8, 4) is 11.2 Å². The molecule has 3 rings (SSSR count). The summed E-state index contributed by atoms with van der Waals surface area (Å²) in [4.78, 5) is 2.23. The van der Waals surface area contributed by atoms with Gasteiger partial charge in [0.05, 0.1) is 11.6 Å². The molecule has 0 aliphatic carbocycles. The van der Waals surface area contributed by atoms with Gasteiger partial charge in [0.1, 0.15) is 0 Å². The Bertz CT molecular complexity index is 1000. The SMILES string of the molecule is CS(C)(C)C#C[C@@H](c1ccc(C(F)(F)F)cc1)N(Cc1ccccc1)Cc1ccccc1. The molecule has 3 aromatic carbocycles. The molecule has 0 fully saturated rings. The van der Waals surface area contributed by atoms with Crippen LogP contribution < -0.4 is 0 Å². The summed E-state index contributed by atoms with van der Waals surface area (Å²) in [6, 6.07) is 25.3. The van der Waals surface area contributed by atoms with Crippen LogP contribution in [0.1, 0.15) is 28.3 Å². The molecule has 0 heterocycles. The number of nitrogens with zero attached hydrogens (tertiary/aromatic N) is 1. The largest absolute Gasteiger partial charge is 0.416 e. The van der Waals surface area contributed by atoms with Gasteiger partial charge in [0.15, 0.2) is 0 Å². The van der Waals surface area contributed by atoms with Crippen molar-refractivity contribution in [3.63, 3.8) is 0 Å². The normalized spacial score (nSPS) is 13.3. The first-order valence-electron chi connectivity index (χ1n) is 10.3. The Hall–Kier alpha value is -2.68. The van der Waals surface area contributed by atoms with Gasteiger partial charge in [0.25, 0.3) is 0 Å². The molecule has 0 saturated carbocycles. The van der Waals surface area contributed by atoms with Gasteiger partial charge in [-0.25, -0.2) is 0 Å². The summed E-state index contributed by atoms with van der Waals surface area (Å²) in [6.45, 7) is 1.27. The molecule has 0 aromatic heterocycles. The number of halogens is 3. The minimum absolute atomic E-state index is 0.329. The molecule has 0 aliphatic heterocycles. The predicted octanol–water partition coefficient (Wildman–Crippen LogP) is 7.10. The van der Waals surface area contributed by atoms with Gasteiger partial charge in [-0.2, -0.15) is 23.2 Å². The highest BCUT2D eigenvalue weighted by Gasteiger charge is 2.30. The maximum Gasteiger partial charge on any atom is 0.416 e. The molecule has 1 atom stereocenters. The molecular weight excluding hydrogens is 427 g/mol. The third-order valence-electron chi connectivity index (χ3n) is 4.88. The maximum absolute atomic E-state index is 13.1. The minimum Gasteiger partial charge on any atom is -0.277 e. The lowest BCUT2D eigenvalue weighted by Gasteiger charge is -2.30. The second-order valence-electron chi connectivity index (χ2n) is 8.48. The molecule has 168 valence electrons. The van der Waals surface area contributed by atoms with Crippen molar-refractivity contribution in [1.29, 1.82) is 0 Å². The Morgan fingerprint density at radius 3 is 1.62 bits per heavy atom. The average molecular weight is 456 g/mol. The molecule has 32 heavy (non-hydrogen) atoms. The maximum atomic E-state index is 13.1. The number of benzene rings is 3. The van der Waals surface area contributed by atoms with E-state index in [9.17, 15) is 13.2 Å². The van der Waals surface area contributed by atoms with Gasteiger partial charge < -0.3 is 0 Å². The molecule has 0 spiro atoms. The fourth-order valence-electron chi connectivity index (χ4n) is 3.35. The quantitative estimate of drug-likeness (QED) is 0.358. The number of hydrogen-bond acceptors (Lipinski definition) is 1. The molecule has 3 aromatic rings. The monoisotopic (exact) mass is 455 g/mol. The first-order chi connectivity index (χ1) is 15.1. The van der Waals surface area contributed by atoms with Crippen LogP contribution in [0.3, 0.4) is 0 Å².